The Balaban J connectivity index is 2.67. The normalized spacial score (nSPS) is 19.2. The summed E-state index contributed by atoms with van der Waals surface area (Å²) < 4.78 is 0. The highest BCUT2D eigenvalue weighted by atomic mass is 16.4. The van der Waals surface area contributed by atoms with Crippen molar-refractivity contribution in [3.8, 4) is 0 Å². The van der Waals surface area contributed by atoms with Gasteiger partial charge in [-0.3, -0.25) is 9.59 Å². The van der Waals surface area contributed by atoms with E-state index >= 15 is 0 Å². The van der Waals surface area contributed by atoms with Gasteiger partial charge in [-0.05, 0) is 64.0 Å². The van der Waals surface area contributed by atoms with Crippen molar-refractivity contribution in [2.24, 2.45) is 16.7 Å². The van der Waals surface area contributed by atoms with Crippen molar-refractivity contribution in [3.05, 3.63) is 34.4 Å². The summed E-state index contributed by atoms with van der Waals surface area (Å²) in [5.74, 6) is -0.551. The maximum absolute atomic E-state index is 13.9. The molecular weight excluding hydrogens is 324 g/mol. The van der Waals surface area contributed by atoms with E-state index in [9.17, 15) is 14.7 Å². The van der Waals surface area contributed by atoms with E-state index in [-0.39, 0.29) is 11.7 Å². The van der Waals surface area contributed by atoms with E-state index in [2.05, 4.69) is 0 Å². The Labute approximate surface area is 158 Å². The van der Waals surface area contributed by atoms with E-state index in [4.69, 9.17) is 0 Å². The second-order valence-corrected chi connectivity index (χ2v) is 8.98. The molecule has 0 bridgehead atoms. The zero-order valence-corrected chi connectivity index (χ0v) is 17.2. The number of carboxylic acid groups (broad SMARTS) is 1. The van der Waals surface area contributed by atoms with Crippen LogP contribution in [0.25, 0.3) is 0 Å². The third-order valence-corrected chi connectivity index (χ3v) is 6.39. The summed E-state index contributed by atoms with van der Waals surface area (Å²) in [4.78, 5) is 26.4. The molecule has 144 valence electrons. The second-order valence-electron chi connectivity index (χ2n) is 8.98. The van der Waals surface area contributed by atoms with Crippen LogP contribution in [0.1, 0.15) is 86.3 Å². The first-order chi connectivity index (χ1) is 12.0. The number of Topliss-reactive ketones (excluding diaryl/α,β-unsaturated/α-hetero) is 1. The number of carbonyl (C=O) groups is 2. The minimum Gasteiger partial charge on any atom is -0.481 e. The molecule has 2 rings (SSSR count). The van der Waals surface area contributed by atoms with E-state index in [0.29, 0.717) is 19.3 Å². The predicted molar refractivity (Wildman–Crippen MR) is 106 cm³/mol. The van der Waals surface area contributed by atoms with Crippen LogP contribution in [-0.2, 0) is 4.79 Å². The average Bonchev–Trinajstić information content (AvgIpc) is 2.53. The van der Waals surface area contributed by atoms with Gasteiger partial charge in [0, 0.05) is 11.0 Å². The van der Waals surface area contributed by atoms with Gasteiger partial charge in [0.2, 0.25) is 0 Å². The lowest BCUT2D eigenvalue weighted by Crippen LogP contribution is -2.53. The smallest absolute Gasteiger partial charge is 0.310 e. The van der Waals surface area contributed by atoms with E-state index in [1.165, 1.54) is 0 Å². The van der Waals surface area contributed by atoms with Crippen LogP contribution in [0.5, 0.6) is 0 Å². The van der Waals surface area contributed by atoms with Gasteiger partial charge in [0.25, 0.3) is 0 Å². The number of carboxylic acids is 1. The first kappa shape index (κ1) is 20.7. The Morgan fingerprint density at radius 1 is 1.08 bits per heavy atom. The highest BCUT2D eigenvalue weighted by Gasteiger charge is 2.58. The van der Waals surface area contributed by atoms with E-state index in [1.807, 2.05) is 53.7 Å². The molecule has 3 heteroatoms. The topological polar surface area (TPSA) is 54.4 Å². The first-order valence-corrected chi connectivity index (χ1v) is 9.91. The van der Waals surface area contributed by atoms with Gasteiger partial charge in [0.05, 0.1) is 5.41 Å². The van der Waals surface area contributed by atoms with E-state index in [0.717, 1.165) is 41.5 Å². The molecule has 1 N–H and O–H groups in total. The molecule has 1 aliphatic rings. The lowest BCUT2D eigenvalue weighted by atomic mass is 9.52. The largest absolute Gasteiger partial charge is 0.481 e. The molecule has 0 aromatic heterocycles. The summed E-state index contributed by atoms with van der Waals surface area (Å²) >= 11 is 0. The zero-order chi connectivity index (χ0) is 19.7. The van der Waals surface area contributed by atoms with Crippen LogP contribution in [0.15, 0.2) is 12.1 Å². The Hall–Kier alpha value is -1.64. The Kier molecular flexibility index (Phi) is 5.99. The fourth-order valence-electron chi connectivity index (χ4n) is 5.27. The van der Waals surface area contributed by atoms with Crippen LogP contribution in [0.2, 0.25) is 0 Å². The Morgan fingerprint density at radius 3 is 2.00 bits per heavy atom. The van der Waals surface area contributed by atoms with Gasteiger partial charge >= 0.3 is 5.97 Å². The molecule has 26 heavy (non-hydrogen) atoms. The quantitative estimate of drug-likeness (QED) is 0.646. The van der Waals surface area contributed by atoms with E-state index in [1.54, 1.807) is 0 Å². The Bertz CT molecular complexity index is 672. The van der Waals surface area contributed by atoms with Crippen LogP contribution in [0.3, 0.4) is 0 Å². The number of hydrogen-bond acceptors (Lipinski definition) is 2. The third kappa shape index (κ3) is 3.45. The molecule has 0 radical (unpaired) electrons. The van der Waals surface area contributed by atoms with Gasteiger partial charge < -0.3 is 5.11 Å². The molecule has 0 saturated heterocycles. The Morgan fingerprint density at radius 2 is 1.58 bits per heavy atom. The SMILES string of the molecule is Cc1cc(C)c(C(=O)C2(C(C)(CC(C)C)C(=O)O)CCCCC2)c(C)c1. The molecular formula is C23H34O3. The van der Waals surface area contributed by atoms with Crippen molar-refractivity contribution in [1.82, 2.24) is 0 Å². The first-order valence-electron chi connectivity index (χ1n) is 9.91. The summed E-state index contributed by atoms with van der Waals surface area (Å²) in [5, 5.41) is 10.2. The highest BCUT2D eigenvalue weighted by Crippen LogP contribution is 2.55. The molecule has 0 aliphatic heterocycles. The highest BCUT2D eigenvalue weighted by molar-refractivity contribution is 6.05. The lowest BCUT2D eigenvalue weighted by Gasteiger charge is -2.48. The predicted octanol–water partition coefficient (Wildman–Crippen LogP) is 5.88. The maximum Gasteiger partial charge on any atom is 0.310 e. The minimum atomic E-state index is -1.04. The summed E-state index contributed by atoms with van der Waals surface area (Å²) in [5.41, 5.74) is 1.96. The molecule has 1 fully saturated rings. The second kappa shape index (κ2) is 7.54. The van der Waals surface area contributed by atoms with Gasteiger partial charge in [-0.1, -0.05) is 50.8 Å². The molecule has 3 nitrogen and oxygen atoms in total. The van der Waals surface area contributed by atoms with Crippen LogP contribution < -0.4 is 0 Å². The van der Waals surface area contributed by atoms with Crippen LogP contribution >= 0.6 is 0 Å². The van der Waals surface area contributed by atoms with E-state index < -0.39 is 16.8 Å². The van der Waals surface area contributed by atoms with Crippen molar-refractivity contribution >= 4 is 11.8 Å². The van der Waals surface area contributed by atoms with Gasteiger partial charge in [-0.15, -0.1) is 0 Å². The van der Waals surface area contributed by atoms with Gasteiger partial charge in [-0.2, -0.15) is 0 Å². The summed E-state index contributed by atoms with van der Waals surface area (Å²) in [6.07, 6.45) is 4.81. The van der Waals surface area contributed by atoms with Crippen molar-refractivity contribution in [2.75, 3.05) is 0 Å². The molecule has 1 aliphatic carbocycles. The molecule has 0 spiro atoms. The number of benzene rings is 1. The molecule has 1 aromatic carbocycles. The summed E-state index contributed by atoms with van der Waals surface area (Å²) in [6.45, 7) is 11.9. The van der Waals surface area contributed by atoms with Crippen molar-refractivity contribution in [1.29, 1.82) is 0 Å². The molecule has 0 amide bonds. The standard InChI is InChI=1S/C23H34O3/c1-15(2)14-22(6,21(25)26)23(10-8-7-9-11-23)20(24)19-17(4)12-16(3)13-18(19)5/h12-13,15H,7-11,14H2,1-6H3,(H,25,26). The molecule has 1 unspecified atom stereocenters. The molecule has 1 atom stereocenters. The summed E-state index contributed by atoms with van der Waals surface area (Å²) in [6, 6.07) is 4.08. The number of aryl methyl sites for hydroxylation is 3. The lowest BCUT2D eigenvalue weighted by molar-refractivity contribution is -0.158. The fraction of sp³-hybridized carbons (Fsp3) is 0.652. The van der Waals surface area contributed by atoms with Gasteiger partial charge in [0.1, 0.15) is 0 Å². The molecule has 1 aromatic rings. The van der Waals surface area contributed by atoms with Crippen molar-refractivity contribution in [2.45, 2.75) is 80.1 Å². The summed E-state index contributed by atoms with van der Waals surface area (Å²) in [7, 11) is 0. The average molecular weight is 359 g/mol. The number of rotatable bonds is 6. The van der Waals surface area contributed by atoms with Crippen molar-refractivity contribution in [3.63, 3.8) is 0 Å². The van der Waals surface area contributed by atoms with Gasteiger partial charge in [0.15, 0.2) is 5.78 Å². The van der Waals surface area contributed by atoms with Crippen molar-refractivity contribution < 1.29 is 14.7 Å². The number of carbonyl (C=O) groups excluding carboxylic acids is 1. The van der Waals surface area contributed by atoms with Crippen LogP contribution in [-0.4, -0.2) is 16.9 Å². The minimum absolute atomic E-state index is 0.0535. The fourth-order valence-corrected chi connectivity index (χ4v) is 5.27. The van der Waals surface area contributed by atoms with Crippen LogP contribution in [0, 0.1) is 37.5 Å². The molecule has 0 heterocycles. The van der Waals surface area contributed by atoms with Gasteiger partial charge in [-0.25, -0.2) is 0 Å². The van der Waals surface area contributed by atoms with Crippen LogP contribution in [0.4, 0.5) is 0 Å². The number of hydrogen-bond donors (Lipinski definition) is 1. The zero-order valence-electron chi connectivity index (χ0n) is 17.2. The maximum atomic E-state index is 13.9. The third-order valence-electron chi connectivity index (χ3n) is 6.39. The number of aliphatic carboxylic acids is 1. The monoisotopic (exact) mass is 358 g/mol. The number of ketones is 1. The molecule has 1 saturated carbocycles.